The van der Waals surface area contributed by atoms with Crippen LogP contribution in [0.25, 0.3) is 0 Å². The molecule has 4 heteroatoms. The van der Waals surface area contributed by atoms with Crippen molar-refractivity contribution in [2.24, 2.45) is 5.41 Å². The van der Waals surface area contributed by atoms with Gasteiger partial charge < -0.3 is 10.0 Å². The number of benzene rings is 1. The second kappa shape index (κ2) is 4.22. The number of halogens is 1. The van der Waals surface area contributed by atoms with E-state index in [1.54, 1.807) is 17.0 Å². The number of phenolic OH excluding ortho intramolecular Hbond substituents is 1. The van der Waals surface area contributed by atoms with Crippen molar-refractivity contribution < 1.29 is 9.90 Å². The van der Waals surface area contributed by atoms with Gasteiger partial charge in [-0.1, -0.05) is 25.4 Å². The van der Waals surface area contributed by atoms with E-state index in [0.29, 0.717) is 10.6 Å². The van der Waals surface area contributed by atoms with Crippen LogP contribution in [0, 0.1) is 5.41 Å². The molecule has 0 aromatic heterocycles. The average Bonchev–Trinajstić information content (AvgIpc) is 2.58. The number of hydrogen-bond acceptors (Lipinski definition) is 2. The molecule has 1 fully saturated rings. The van der Waals surface area contributed by atoms with Gasteiger partial charge in [-0.3, -0.25) is 4.79 Å². The summed E-state index contributed by atoms with van der Waals surface area (Å²) in [5.74, 6) is -0.169. The van der Waals surface area contributed by atoms with E-state index in [4.69, 9.17) is 11.6 Å². The van der Waals surface area contributed by atoms with Crippen molar-refractivity contribution in [2.45, 2.75) is 20.3 Å². The zero-order valence-corrected chi connectivity index (χ0v) is 10.8. The average molecular weight is 254 g/mol. The molecule has 17 heavy (non-hydrogen) atoms. The molecule has 1 aromatic rings. The molecule has 0 bridgehead atoms. The first-order chi connectivity index (χ1) is 7.89. The van der Waals surface area contributed by atoms with Gasteiger partial charge in [-0.2, -0.15) is 0 Å². The second-order valence-electron chi connectivity index (χ2n) is 5.30. The number of carbonyl (C=O) groups excluding carboxylic acids is 1. The monoisotopic (exact) mass is 253 g/mol. The molecule has 1 aromatic carbocycles. The molecule has 1 aliphatic rings. The molecule has 0 aliphatic carbocycles. The van der Waals surface area contributed by atoms with Crippen LogP contribution >= 0.6 is 11.6 Å². The Bertz CT molecular complexity index is 457. The Morgan fingerprint density at radius 3 is 2.71 bits per heavy atom. The maximum atomic E-state index is 12.2. The Balaban J connectivity index is 2.21. The lowest BCUT2D eigenvalue weighted by atomic mass is 9.93. The van der Waals surface area contributed by atoms with Crippen LogP contribution in [-0.4, -0.2) is 29.0 Å². The molecular weight excluding hydrogens is 238 g/mol. The Morgan fingerprint density at radius 2 is 2.18 bits per heavy atom. The molecule has 1 heterocycles. The summed E-state index contributed by atoms with van der Waals surface area (Å²) in [6, 6.07) is 4.59. The normalized spacial score (nSPS) is 18.4. The summed E-state index contributed by atoms with van der Waals surface area (Å²) < 4.78 is 0. The maximum Gasteiger partial charge on any atom is 0.257 e. The third kappa shape index (κ3) is 2.55. The van der Waals surface area contributed by atoms with E-state index in [1.165, 1.54) is 6.07 Å². The zero-order valence-electron chi connectivity index (χ0n) is 10.0. The number of aromatic hydroxyl groups is 1. The first kappa shape index (κ1) is 12.2. The fourth-order valence-corrected chi connectivity index (χ4v) is 2.31. The molecule has 1 N–H and O–H groups in total. The van der Waals surface area contributed by atoms with E-state index < -0.39 is 0 Å². The largest absolute Gasteiger partial charge is 0.507 e. The van der Waals surface area contributed by atoms with Gasteiger partial charge in [0.1, 0.15) is 5.75 Å². The van der Waals surface area contributed by atoms with E-state index in [-0.39, 0.29) is 17.1 Å². The maximum absolute atomic E-state index is 12.2. The summed E-state index contributed by atoms with van der Waals surface area (Å²) in [6.07, 6.45) is 0.993. The summed E-state index contributed by atoms with van der Waals surface area (Å²) in [5.41, 5.74) is 0.490. The lowest BCUT2D eigenvalue weighted by Gasteiger charge is -2.20. The molecule has 92 valence electrons. The Kier molecular flexibility index (Phi) is 3.04. The fraction of sp³-hybridized carbons (Fsp3) is 0.462. The van der Waals surface area contributed by atoms with E-state index in [9.17, 15) is 9.90 Å². The number of carbonyl (C=O) groups is 1. The van der Waals surface area contributed by atoms with Crippen molar-refractivity contribution in [3.63, 3.8) is 0 Å². The van der Waals surface area contributed by atoms with Gasteiger partial charge in [0, 0.05) is 18.1 Å². The molecule has 0 unspecified atom stereocenters. The SMILES string of the molecule is CC1(C)CCN(C(=O)c2ccc(Cl)cc2O)C1. The summed E-state index contributed by atoms with van der Waals surface area (Å²) in [7, 11) is 0. The van der Waals surface area contributed by atoms with Gasteiger partial charge in [0.2, 0.25) is 0 Å². The van der Waals surface area contributed by atoms with Gasteiger partial charge in [0.25, 0.3) is 5.91 Å². The van der Waals surface area contributed by atoms with Crippen LogP contribution in [0.2, 0.25) is 5.02 Å². The van der Waals surface area contributed by atoms with Crippen molar-refractivity contribution in [3.8, 4) is 5.75 Å². The molecule has 0 atom stereocenters. The minimum atomic E-state index is -0.121. The topological polar surface area (TPSA) is 40.5 Å². The Labute approximate surface area is 106 Å². The van der Waals surface area contributed by atoms with Gasteiger partial charge in [-0.15, -0.1) is 0 Å². The quantitative estimate of drug-likeness (QED) is 0.836. The molecule has 1 aliphatic heterocycles. The number of phenols is 1. The van der Waals surface area contributed by atoms with E-state index in [2.05, 4.69) is 13.8 Å². The molecule has 0 spiro atoms. The summed E-state index contributed by atoms with van der Waals surface area (Å²) in [6.45, 7) is 5.76. The van der Waals surface area contributed by atoms with E-state index in [0.717, 1.165) is 19.5 Å². The van der Waals surface area contributed by atoms with Crippen LogP contribution in [0.15, 0.2) is 18.2 Å². The highest BCUT2D eigenvalue weighted by Crippen LogP contribution is 2.31. The molecule has 1 amide bonds. The van der Waals surface area contributed by atoms with Crippen LogP contribution in [0.5, 0.6) is 5.75 Å². The minimum absolute atomic E-state index is 0.0489. The molecule has 2 rings (SSSR count). The number of likely N-dealkylation sites (tertiary alicyclic amines) is 1. The van der Waals surface area contributed by atoms with Gasteiger partial charge in [-0.25, -0.2) is 0 Å². The van der Waals surface area contributed by atoms with Crippen LogP contribution in [0.4, 0.5) is 0 Å². The minimum Gasteiger partial charge on any atom is -0.507 e. The first-order valence-corrected chi connectivity index (χ1v) is 6.05. The van der Waals surface area contributed by atoms with Gasteiger partial charge in [0.15, 0.2) is 0 Å². The summed E-state index contributed by atoms with van der Waals surface area (Å²) in [5, 5.41) is 10.2. The fourth-order valence-electron chi connectivity index (χ4n) is 2.14. The predicted molar refractivity (Wildman–Crippen MR) is 67.4 cm³/mol. The van der Waals surface area contributed by atoms with Gasteiger partial charge in [0.05, 0.1) is 5.56 Å². The van der Waals surface area contributed by atoms with Gasteiger partial charge >= 0.3 is 0 Å². The smallest absolute Gasteiger partial charge is 0.257 e. The molecule has 1 saturated heterocycles. The van der Waals surface area contributed by atoms with Crippen molar-refractivity contribution in [3.05, 3.63) is 28.8 Å². The lowest BCUT2D eigenvalue weighted by Crippen LogP contribution is -2.30. The Hall–Kier alpha value is -1.22. The zero-order chi connectivity index (χ0) is 12.6. The highest BCUT2D eigenvalue weighted by molar-refractivity contribution is 6.30. The van der Waals surface area contributed by atoms with Crippen LogP contribution < -0.4 is 0 Å². The molecule has 3 nitrogen and oxygen atoms in total. The predicted octanol–water partition coefficient (Wildman–Crippen LogP) is 2.92. The lowest BCUT2D eigenvalue weighted by molar-refractivity contribution is 0.0775. The third-order valence-corrected chi connectivity index (χ3v) is 3.39. The first-order valence-electron chi connectivity index (χ1n) is 5.67. The van der Waals surface area contributed by atoms with Crippen molar-refractivity contribution in [1.29, 1.82) is 0 Å². The van der Waals surface area contributed by atoms with Crippen molar-refractivity contribution in [2.75, 3.05) is 13.1 Å². The van der Waals surface area contributed by atoms with Crippen molar-refractivity contribution in [1.82, 2.24) is 4.90 Å². The number of nitrogens with zero attached hydrogens (tertiary/aromatic N) is 1. The highest BCUT2D eigenvalue weighted by atomic mass is 35.5. The third-order valence-electron chi connectivity index (χ3n) is 3.15. The molecular formula is C13H16ClNO2. The van der Waals surface area contributed by atoms with Crippen LogP contribution in [0.3, 0.4) is 0 Å². The van der Waals surface area contributed by atoms with E-state index >= 15 is 0 Å². The van der Waals surface area contributed by atoms with Gasteiger partial charge in [-0.05, 0) is 30.0 Å². The number of hydrogen-bond donors (Lipinski definition) is 1. The second-order valence-corrected chi connectivity index (χ2v) is 5.74. The number of amides is 1. The van der Waals surface area contributed by atoms with Crippen LogP contribution in [0.1, 0.15) is 30.6 Å². The van der Waals surface area contributed by atoms with Crippen molar-refractivity contribution >= 4 is 17.5 Å². The van der Waals surface area contributed by atoms with E-state index in [1.807, 2.05) is 0 Å². The molecule has 0 radical (unpaired) electrons. The standard InChI is InChI=1S/C13H16ClNO2/c1-13(2)5-6-15(8-13)12(17)10-4-3-9(14)7-11(10)16/h3-4,7,16H,5-6,8H2,1-2H3. The Morgan fingerprint density at radius 1 is 1.47 bits per heavy atom. The highest BCUT2D eigenvalue weighted by Gasteiger charge is 2.33. The summed E-state index contributed by atoms with van der Waals surface area (Å²) in [4.78, 5) is 14.0. The number of rotatable bonds is 1. The molecule has 0 saturated carbocycles. The summed E-state index contributed by atoms with van der Waals surface area (Å²) >= 11 is 5.74. The van der Waals surface area contributed by atoms with Crippen LogP contribution in [-0.2, 0) is 0 Å².